The Morgan fingerprint density at radius 3 is 2.84 bits per heavy atom. The van der Waals surface area contributed by atoms with Gasteiger partial charge in [-0.15, -0.1) is 0 Å². The maximum Gasteiger partial charge on any atom is 0.268 e. The number of ether oxygens (including phenoxy) is 2. The topological polar surface area (TPSA) is 54.0 Å². The summed E-state index contributed by atoms with van der Waals surface area (Å²) in [4.78, 5) is 17.5. The van der Waals surface area contributed by atoms with Gasteiger partial charge in [0, 0.05) is 50.9 Å². The summed E-state index contributed by atoms with van der Waals surface area (Å²) in [7, 11) is 5.26. The number of methoxy groups -OCH3 is 2. The van der Waals surface area contributed by atoms with Crippen LogP contribution in [0.25, 0.3) is 0 Å². The van der Waals surface area contributed by atoms with Gasteiger partial charge >= 0.3 is 0 Å². The first-order valence-electron chi connectivity index (χ1n) is 10.9. The number of likely N-dealkylation sites (N-methyl/N-ethyl adjacent to an activating group) is 1. The molecule has 0 bridgehead atoms. The molecule has 6 nitrogen and oxygen atoms in total. The Hall–Kier alpha value is -2.54. The highest BCUT2D eigenvalue weighted by atomic mass is 19.1. The zero-order valence-electron chi connectivity index (χ0n) is 18.6. The molecule has 0 radical (unpaired) electrons. The quantitative estimate of drug-likeness (QED) is 0.689. The Morgan fingerprint density at radius 1 is 1.32 bits per heavy atom. The number of likely N-dealkylation sites (tertiary alicyclic amines) is 1. The maximum atomic E-state index is 13.8. The van der Waals surface area contributed by atoms with Gasteiger partial charge in [-0.2, -0.15) is 0 Å². The average Bonchev–Trinajstić information content (AvgIpc) is 3.32. The summed E-state index contributed by atoms with van der Waals surface area (Å²) in [5, 5.41) is 3.23. The number of nitrogens with zero attached hydrogens (tertiary/aromatic N) is 2. The number of rotatable bonds is 8. The summed E-state index contributed by atoms with van der Waals surface area (Å²) in [5.41, 5.74) is 2.23. The van der Waals surface area contributed by atoms with Crippen molar-refractivity contribution < 1.29 is 18.7 Å². The molecule has 1 saturated heterocycles. The van der Waals surface area contributed by atoms with E-state index in [0.717, 1.165) is 50.2 Å². The molecule has 3 aliphatic rings. The van der Waals surface area contributed by atoms with Gasteiger partial charge in [-0.1, -0.05) is 0 Å². The van der Waals surface area contributed by atoms with Gasteiger partial charge < -0.3 is 24.6 Å². The second kappa shape index (κ2) is 8.91. The van der Waals surface area contributed by atoms with Gasteiger partial charge in [0.25, 0.3) is 5.91 Å². The predicted octanol–water partition coefficient (Wildman–Crippen LogP) is 2.71. The standard InChI is InChI=1S/C24H32FN3O3/c1-27-10-7-20(28-11-6-17(15-28)16-30-2)13-21(27)23(29)26-24(8-9-24)14-18-12-19(25)4-5-22(18)31-3/h4-5,7,12-13,17H,6,8-11,14-16H2,1-3H3,(H,26,29)/t17-/m0/s1. The molecule has 2 heterocycles. The smallest absolute Gasteiger partial charge is 0.268 e. The van der Waals surface area contributed by atoms with Crippen molar-refractivity contribution in [1.29, 1.82) is 0 Å². The normalized spacial score (nSPS) is 22.1. The number of carbonyl (C=O) groups excluding carboxylic acids is 1. The van der Waals surface area contributed by atoms with Crippen molar-refractivity contribution in [2.24, 2.45) is 5.92 Å². The minimum atomic E-state index is -0.335. The first-order chi connectivity index (χ1) is 14.9. The molecule has 1 aromatic carbocycles. The molecule has 1 N–H and O–H groups in total. The third kappa shape index (κ3) is 4.87. The van der Waals surface area contributed by atoms with Crippen molar-refractivity contribution in [3.8, 4) is 5.75 Å². The van der Waals surface area contributed by atoms with Crippen LogP contribution in [0.15, 0.2) is 41.7 Å². The van der Waals surface area contributed by atoms with E-state index in [1.54, 1.807) is 20.3 Å². The molecule has 168 valence electrons. The number of benzene rings is 1. The Bertz CT molecular complexity index is 894. The van der Waals surface area contributed by atoms with Crippen LogP contribution in [0.3, 0.4) is 0 Å². The van der Waals surface area contributed by atoms with E-state index in [1.807, 2.05) is 18.0 Å². The van der Waals surface area contributed by atoms with Crippen LogP contribution in [0.5, 0.6) is 5.75 Å². The molecular weight excluding hydrogens is 397 g/mol. The van der Waals surface area contributed by atoms with Gasteiger partial charge in [-0.3, -0.25) is 4.79 Å². The Balaban J connectivity index is 1.44. The third-order valence-corrected chi connectivity index (χ3v) is 6.56. The maximum absolute atomic E-state index is 13.8. The number of amides is 1. The molecule has 2 aliphatic heterocycles. The van der Waals surface area contributed by atoms with Crippen molar-refractivity contribution in [3.05, 3.63) is 53.1 Å². The molecule has 0 spiro atoms. The molecule has 7 heteroatoms. The Labute approximate surface area is 183 Å². The Kier molecular flexibility index (Phi) is 6.23. The monoisotopic (exact) mass is 429 g/mol. The summed E-state index contributed by atoms with van der Waals surface area (Å²) < 4.78 is 24.5. The van der Waals surface area contributed by atoms with Gasteiger partial charge in [-0.05, 0) is 61.6 Å². The molecule has 4 rings (SSSR count). The van der Waals surface area contributed by atoms with E-state index in [0.29, 0.717) is 30.3 Å². The molecule has 0 aromatic heterocycles. The number of hydrogen-bond acceptors (Lipinski definition) is 5. The summed E-state index contributed by atoms with van der Waals surface area (Å²) in [6, 6.07) is 4.54. The van der Waals surface area contributed by atoms with Gasteiger partial charge in [0.15, 0.2) is 0 Å². The van der Waals surface area contributed by atoms with Crippen molar-refractivity contribution in [3.63, 3.8) is 0 Å². The SMILES string of the molecule is COC[C@H]1CCN(C2=CCN(C)C(C(=O)NC3(Cc4cc(F)ccc4OC)CC3)=C2)C1. The number of halogens is 1. The van der Waals surface area contributed by atoms with E-state index < -0.39 is 0 Å². The third-order valence-electron chi connectivity index (χ3n) is 6.56. The summed E-state index contributed by atoms with van der Waals surface area (Å²) >= 11 is 0. The summed E-state index contributed by atoms with van der Waals surface area (Å²) in [6.07, 6.45) is 7.59. The zero-order chi connectivity index (χ0) is 22.0. The highest BCUT2D eigenvalue weighted by molar-refractivity contribution is 5.94. The van der Waals surface area contributed by atoms with Crippen molar-refractivity contribution in [2.75, 3.05) is 47.5 Å². The van der Waals surface area contributed by atoms with Gasteiger partial charge in [-0.25, -0.2) is 4.39 Å². The fraction of sp³-hybridized carbons (Fsp3) is 0.542. The average molecular weight is 430 g/mol. The fourth-order valence-corrected chi connectivity index (χ4v) is 4.59. The molecule has 1 saturated carbocycles. The molecule has 0 unspecified atom stereocenters. The van der Waals surface area contributed by atoms with Crippen LogP contribution >= 0.6 is 0 Å². The number of nitrogens with one attached hydrogen (secondary N) is 1. The lowest BCUT2D eigenvalue weighted by Gasteiger charge is -2.30. The van der Waals surface area contributed by atoms with E-state index in [2.05, 4.69) is 16.3 Å². The van der Waals surface area contributed by atoms with E-state index in [4.69, 9.17) is 9.47 Å². The first-order valence-corrected chi connectivity index (χ1v) is 10.9. The minimum Gasteiger partial charge on any atom is -0.496 e. The van der Waals surface area contributed by atoms with E-state index >= 15 is 0 Å². The number of allylic oxidation sites excluding steroid dienone is 1. The summed E-state index contributed by atoms with van der Waals surface area (Å²) in [5.74, 6) is 0.821. The second-order valence-corrected chi connectivity index (χ2v) is 8.96. The first kappa shape index (κ1) is 21.7. The lowest BCUT2D eigenvalue weighted by Crippen LogP contribution is -2.43. The molecule has 2 fully saturated rings. The van der Waals surface area contributed by atoms with Crippen LogP contribution in [-0.4, -0.2) is 68.8 Å². The van der Waals surface area contributed by atoms with Crippen LogP contribution in [0, 0.1) is 11.7 Å². The van der Waals surface area contributed by atoms with Crippen LogP contribution in [0.4, 0.5) is 4.39 Å². The molecule has 1 atom stereocenters. The molecular formula is C24H32FN3O3. The molecule has 1 aliphatic carbocycles. The number of carbonyl (C=O) groups is 1. The van der Waals surface area contributed by atoms with Crippen molar-refractivity contribution >= 4 is 5.91 Å². The number of hydrogen-bond donors (Lipinski definition) is 1. The van der Waals surface area contributed by atoms with Crippen LogP contribution in [0.1, 0.15) is 24.8 Å². The van der Waals surface area contributed by atoms with Crippen LogP contribution in [-0.2, 0) is 16.0 Å². The zero-order valence-corrected chi connectivity index (χ0v) is 18.6. The van der Waals surface area contributed by atoms with Gasteiger partial charge in [0.1, 0.15) is 17.3 Å². The molecule has 1 aromatic rings. The van der Waals surface area contributed by atoms with Crippen LogP contribution in [0.2, 0.25) is 0 Å². The van der Waals surface area contributed by atoms with Crippen molar-refractivity contribution in [1.82, 2.24) is 15.1 Å². The predicted molar refractivity (Wildman–Crippen MR) is 117 cm³/mol. The fourth-order valence-electron chi connectivity index (χ4n) is 4.59. The molecule has 1 amide bonds. The van der Waals surface area contributed by atoms with E-state index in [-0.39, 0.29) is 17.3 Å². The lowest BCUT2D eigenvalue weighted by atomic mass is 10.0. The molecule has 31 heavy (non-hydrogen) atoms. The summed E-state index contributed by atoms with van der Waals surface area (Å²) in [6.45, 7) is 3.41. The van der Waals surface area contributed by atoms with E-state index in [1.165, 1.54) is 12.1 Å². The highest BCUT2D eigenvalue weighted by Crippen LogP contribution is 2.41. The Morgan fingerprint density at radius 2 is 2.13 bits per heavy atom. The van der Waals surface area contributed by atoms with Gasteiger partial charge in [0.2, 0.25) is 0 Å². The second-order valence-electron chi connectivity index (χ2n) is 8.96. The van der Waals surface area contributed by atoms with Gasteiger partial charge in [0.05, 0.1) is 13.7 Å². The van der Waals surface area contributed by atoms with Crippen molar-refractivity contribution in [2.45, 2.75) is 31.2 Å². The van der Waals surface area contributed by atoms with Crippen LogP contribution < -0.4 is 10.1 Å². The van der Waals surface area contributed by atoms with E-state index in [9.17, 15) is 9.18 Å². The lowest BCUT2D eigenvalue weighted by molar-refractivity contribution is -0.119. The largest absolute Gasteiger partial charge is 0.496 e. The minimum absolute atomic E-state index is 0.0754. The highest BCUT2D eigenvalue weighted by Gasteiger charge is 2.45.